The number of rotatable bonds is 5. The molecule has 1 aromatic heterocycles. The van der Waals surface area contributed by atoms with Crippen molar-refractivity contribution in [3.05, 3.63) is 47.0 Å². The van der Waals surface area contributed by atoms with E-state index in [1.807, 2.05) is 18.2 Å². The van der Waals surface area contributed by atoms with Gasteiger partial charge in [-0.25, -0.2) is 13.9 Å². The van der Waals surface area contributed by atoms with Gasteiger partial charge in [-0.05, 0) is 43.7 Å². The molecule has 2 aliphatic rings. The highest BCUT2D eigenvalue weighted by Crippen LogP contribution is 2.41. The molecule has 1 aliphatic heterocycles. The van der Waals surface area contributed by atoms with Gasteiger partial charge >= 0.3 is 5.97 Å². The summed E-state index contributed by atoms with van der Waals surface area (Å²) in [6.45, 7) is 2.20. The number of aromatic carboxylic acids is 1. The number of likely N-dealkylation sites (tertiary alicyclic amines) is 1. The summed E-state index contributed by atoms with van der Waals surface area (Å²) in [5, 5.41) is 16.6. The average Bonchev–Trinajstić information content (AvgIpc) is 3.32. The topological polar surface area (TPSA) is 71.2 Å². The molecule has 0 amide bonds. The van der Waals surface area contributed by atoms with Crippen molar-refractivity contribution in [2.45, 2.75) is 44.2 Å². The molecule has 2 fully saturated rings. The Kier molecular flexibility index (Phi) is 4.25. The lowest BCUT2D eigenvalue weighted by Crippen LogP contribution is -2.36. The first-order chi connectivity index (χ1) is 12.1. The van der Waals surface area contributed by atoms with E-state index in [4.69, 9.17) is 5.11 Å². The molecular weight excluding hydrogens is 323 g/mol. The van der Waals surface area contributed by atoms with E-state index < -0.39 is 5.97 Å². The minimum absolute atomic E-state index is 0.0414. The number of hydrogen-bond acceptors (Lipinski definition) is 4. The van der Waals surface area contributed by atoms with E-state index in [-0.39, 0.29) is 17.6 Å². The SMILES string of the molecule is O=C(O)c1cn(C2CCCN(Cc3cccc(C4CC4)c3F)C2)nn1. The van der Waals surface area contributed by atoms with Gasteiger partial charge in [0.15, 0.2) is 5.69 Å². The van der Waals surface area contributed by atoms with Crippen molar-refractivity contribution in [2.24, 2.45) is 0 Å². The lowest BCUT2D eigenvalue weighted by atomic mass is 10.0. The van der Waals surface area contributed by atoms with Crippen molar-refractivity contribution < 1.29 is 14.3 Å². The molecule has 1 saturated carbocycles. The van der Waals surface area contributed by atoms with Gasteiger partial charge < -0.3 is 5.11 Å². The van der Waals surface area contributed by atoms with Crippen LogP contribution >= 0.6 is 0 Å². The van der Waals surface area contributed by atoms with Gasteiger partial charge in [-0.1, -0.05) is 23.4 Å². The van der Waals surface area contributed by atoms with E-state index in [1.165, 1.54) is 6.20 Å². The van der Waals surface area contributed by atoms with Crippen LogP contribution in [0, 0.1) is 5.82 Å². The van der Waals surface area contributed by atoms with Crippen LogP contribution < -0.4 is 0 Å². The Morgan fingerprint density at radius 1 is 1.32 bits per heavy atom. The Hall–Kier alpha value is -2.28. The zero-order valence-corrected chi connectivity index (χ0v) is 13.9. The van der Waals surface area contributed by atoms with Crippen LogP contribution in [0.4, 0.5) is 4.39 Å². The van der Waals surface area contributed by atoms with E-state index in [1.54, 1.807) is 4.68 Å². The molecule has 25 heavy (non-hydrogen) atoms. The first kappa shape index (κ1) is 16.2. The van der Waals surface area contributed by atoms with Crippen molar-refractivity contribution in [1.82, 2.24) is 19.9 Å². The van der Waals surface area contributed by atoms with E-state index in [0.29, 0.717) is 12.5 Å². The summed E-state index contributed by atoms with van der Waals surface area (Å²) in [7, 11) is 0. The second-order valence-corrected chi connectivity index (χ2v) is 7.01. The minimum Gasteiger partial charge on any atom is -0.476 e. The number of carboxylic acid groups (broad SMARTS) is 1. The number of hydrogen-bond donors (Lipinski definition) is 1. The zero-order valence-electron chi connectivity index (χ0n) is 13.9. The van der Waals surface area contributed by atoms with E-state index in [2.05, 4.69) is 15.2 Å². The lowest BCUT2D eigenvalue weighted by molar-refractivity contribution is 0.0690. The molecule has 1 saturated heterocycles. The Morgan fingerprint density at radius 2 is 2.16 bits per heavy atom. The van der Waals surface area contributed by atoms with Gasteiger partial charge in [0.05, 0.1) is 12.2 Å². The van der Waals surface area contributed by atoms with Crippen molar-refractivity contribution >= 4 is 5.97 Å². The maximum atomic E-state index is 14.7. The highest BCUT2D eigenvalue weighted by atomic mass is 19.1. The molecule has 4 rings (SSSR count). The predicted octanol–water partition coefficient (Wildman–Crippen LogP) is 2.83. The molecule has 2 heterocycles. The van der Waals surface area contributed by atoms with Crippen LogP contribution in [0.1, 0.15) is 59.3 Å². The molecule has 1 N–H and O–H groups in total. The first-order valence-corrected chi connectivity index (χ1v) is 8.76. The van der Waals surface area contributed by atoms with Crippen LogP contribution in [-0.4, -0.2) is 44.1 Å². The van der Waals surface area contributed by atoms with Crippen LogP contribution in [0.25, 0.3) is 0 Å². The normalized spacial score (nSPS) is 21.4. The van der Waals surface area contributed by atoms with Crippen LogP contribution in [0.5, 0.6) is 0 Å². The van der Waals surface area contributed by atoms with Crippen LogP contribution in [0.15, 0.2) is 24.4 Å². The van der Waals surface area contributed by atoms with Gasteiger partial charge in [0.1, 0.15) is 5.82 Å². The average molecular weight is 344 g/mol. The molecule has 132 valence electrons. The van der Waals surface area contributed by atoms with Gasteiger partial charge in [-0.2, -0.15) is 0 Å². The number of carbonyl (C=O) groups is 1. The molecule has 1 atom stereocenters. The lowest BCUT2D eigenvalue weighted by Gasteiger charge is -2.32. The highest BCUT2D eigenvalue weighted by Gasteiger charge is 2.28. The standard InChI is InChI=1S/C18H21FN4O2/c19-17-13(3-1-5-15(17)12-6-7-12)9-22-8-2-4-14(10-22)23-11-16(18(24)25)20-21-23/h1,3,5,11-12,14H,2,4,6-10H2,(H,24,25). The molecule has 1 aliphatic carbocycles. The molecule has 1 aromatic carbocycles. The van der Waals surface area contributed by atoms with E-state index in [9.17, 15) is 9.18 Å². The largest absolute Gasteiger partial charge is 0.476 e. The third-order valence-electron chi connectivity index (χ3n) is 5.10. The Morgan fingerprint density at radius 3 is 2.88 bits per heavy atom. The van der Waals surface area contributed by atoms with E-state index >= 15 is 0 Å². The Labute approximate surface area is 145 Å². The molecule has 7 heteroatoms. The Bertz CT molecular complexity index is 787. The zero-order chi connectivity index (χ0) is 17.4. The van der Waals surface area contributed by atoms with Gasteiger partial charge in [-0.3, -0.25) is 4.90 Å². The van der Waals surface area contributed by atoms with Crippen molar-refractivity contribution in [1.29, 1.82) is 0 Å². The number of piperidine rings is 1. The van der Waals surface area contributed by atoms with Gasteiger partial charge in [-0.15, -0.1) is 5.10 Å². The monoisotopic (exact) mass is 344 g/mol. The summed E-state index contributed by atoms with van der Waals surface area (Å²) < 4.78 is 16.3. The number of carboxylic acids is 1. The van der Waals surface area contributed by atoms with Crippen molar-refractivity contribution in [3.63, 3.8) is 0 Å². The number of aromatic nitrogens is 3. The number of benzene rings is 1. The molecule has 1 unspecified atom stereocenters. The maximum absolute atomic E-state index is 14.7. The Balaban J connectivity index is 1.46. The second kappa shape index (κ2) is 6.55. The molecule has 2 aromatic rings. The van der Waals surface area contributed by atoms with Crippen molar-refractivity contribution in [2.75, 3.05) is 13.1 Å². The van der Waals surface area contributed by atoms with Crippen LogP contribution in [0.3, 0.4) is 0 Å². The number of halogens is 1. The van der Waals surface area contributed by atoms with Crippen molar-refractivity contribution in [3.8, 4) is 0 Å². The summed E-state index contributed by atoms with van der Waals surface area (Å²) in [5.74, 6) is -0.724. The first-order valence-electron chi connectivity index (χ1n) is 8.76. The quantitative estimate of drug-likeness (QED) is 0.903. The smallest absolute Gasteiger partial charge is 0.358 e. The minimum atomic E-state index is -1.07. The van der Waals surface area contributed by atoms with Gasteiger partial charge in [0.2, 0.25) is 0 Å². The van der Waals surface area contributed by atoms with Crippen LogP contribution in [-0.2, 0) is 6.54 Å². The predicted molar refractivity (Wildman–Crippen MR) is 88.9 cm³/mol. The van der Waals surface area contributed by atoms with Crippen LogP contribution in [0.2, 0.25) is 0 Å². The fraction of sp³-hybridized carbons (Fsp3) is 0.500. The molecule has 6 nitrogen and oxygen atoms in total. The van der Waals surface area contributed by atoms with Gasteiger partial charge in [0.25, 0.3) is 0 Å². The summed E-state index contributed by atoms with van der Waals surface area (Å²) in [4.78, 5) is 13.2. The fourth-order valence-corrected chi connectivity index (χ4v) is 3.62. The second-order valence-electron chi connectivity index (χ2n) is 7.01. The summed E-state index contributed by atoms with van der Waals surface area (Å²) in [5.41, 5.74) is 1.56. The molecule has 0 spiro atoms. The summed E-state index contributed by atoms with van der Waals surface area (Å²) in [6, 6.07) is 5.79. The third-order valence-corrected chi connectivity index (χ3v) is 5.10. The highest BCUT2D eigenvalue weighted by molar-refractivity contribution is 5.84. The fourth-order valence-electron chi connectivity index (χ4n) is 3.62. The summed E-state index contributed by atoms with van der Waals surface area (Å²) >= 11 is 0. The van der Waals surface area contributed by atoms with Gasteiger partial charge in [0, 0.05) is 18.7 Å². The molecular formula is C18H21FN4O2. The third kappa shape index (κ3) is 3.42. The molecule has 0 bridgehead atoms. The molecule has 0 radical (unpaired) electrons. The van der Waals surface area contributed by atoms with E-state index in [0.717, 1.165) is 49.9 Å². The maximum Gasteiger partial charge on any atom is 0.358 e. The number of nitrogens with zero attached hydrogens (tertiary/aromatic N) is 4. The summed E-state index contributed by atoms with van der Waals surface area (Å²) in [6.07, 6.45) is 5.54.